The van der Waals surface area contributed by atoms with Crippen molar-refractivity contribution >= 4 is 10.8 Å². The molecule has 6 heteroatoms. The van der Waals surface area contributed by atoms with E-state index >= 15 is 0 Å². The van der Waals surface area contributed by atoms with E-state index in [9.17, 15) is 10.2 Å². The molecule has 2 N–H and O–H groups in total. The van der Waals surface area contributed by atoms with Crippen molar-refractivity contribution < 1.29 is 29.2 Å². The first kappa shape index (κ1) is 24.4. The zero-order chi connectivity index (χ0) is 24.5. The smallest absolute Gasteiger partial charge is 0.130 e. The van der Waals surface area contributed by atoms with E-state index < -0.39 is 12.2 Å². The summed E-state index contributed by atoms with van der Waals surface area (Å²) in [5.74, 6) is 2.72. The van der Waals surface area contributed by atoms with Crippen molar-refractivity contribution in [3.05, 3.63) is 96.6 Å². The Morgan fingerprint density at radius 2 is 1.09 bits per heavy atom. The van der Waals surface area contributed by atoms with Gasteiger partial charge in [-0.1, -0.05) is 60.7 Å². The minimum absolute atomic E-state index is 0.0888. The van der Waals surface area contributed by atoms with E-state index in [0.29, 0.717) is 23.0 Å². The number of hydrogen-bond acceptors (Lipinski definition) is 6. The normalized spacial score (nSPS) is 12.7. The van der Waals surface area contributed by atoms with Crippen LogP contribution in [-0.4, -0.2) is 48.8 Å². The molecule has 0 amide bonds. The molecule has 0 radical (unpaired) electrons. The van der Waals surface area contributed by atoms with Crippen molar-refractivity contribution in [3.63, 3.8) is 0 Å². The average molecular weight is 475 g/mol. The lowest BCUT2D eigenvalue weighted by Gasteiger charge is -2.18. The van der Waals surface area contributed by atoms with Gasteiger partial charge in [-0.15, -0.1) is 0 Å². The Morgan fingerprint density at radius 3 is 1.69 bits per heavy atom. The van der Waals surface area contributed by atoms with Gasteiger partial charge in [0.1, 0.15) is 61.6 Å². The van der Waals surface area contributed by atoms with Crippen molar-refractivity contribution in [1.29, 1.82) is 0 Å². The Bertz CT molecular complexity index is 1200. The molecule has 0 heterocycles. The van der Waals surface area contributed by atoms with Gasteiger partial charge < -0.3 is 29.2 Å². The number of aliphatic hydroxyl groups is 2. The largest absolute Gasteiger partial charge is 0.491 e. The fraction of sp³-hybridized carbons (Fsp3) is 0.241. The minimum atomic E-state index is -0.788. The number of rotatable bonds is 12. The Hall–Kier alpha value is -3.74. The number of aliphatic hydroxyl groups excluding tert-OH is 2. The molecule has 6 nitrogen and oxygen atoms in total. The SMILES string of the molecule is Cc1ccc2c(OCC(O)COc3ccccc3)cccc2c1OCC(O)COc1ccccc1. The topological polar surface area (TPSA) is 77.4 Å². The first-order valence-corrected chi connectivity index (χ1v) is 11.6. The van der Waals surface area contributed by atoms with Crippen LogP contribution in [0.3, 0.4) is 0 Å². The van der Waals surface area contributed by atoms with Gasteiger partial charge in [0.05, 0.1) is 0 Å². The molecule has 0 aliphatic heterocycles. The number of ether oxygens (including phenoxy) is 4. The molecular formula is C29H30O6. The summed E-state index contributed by atoms with van der Waals surface area (Å²) >= 11 is 0. The summed E-state index contributed by atoms with van der Waals surface area (Å²) in [5.41, 5.74) is 0.946. The number of benzene rings is 4. The van der Waals surface area contributed by atoms with Crippen LogP contribution in [0.2, 0.25) is 0 Å². The monoisotopic (exact) mass is 474 g/mol. The number of fused-ring (bicyclic) bond motifs is 1. The lowest BCUT2D eigenvalue weighted by molar-refractivity contribution is 0.0626. The fourth-order valence-corrected chi connectivity index (χ4v) is 3.61. The van der Waals surface area contributed by atoms with Gasteiger partial charge >= 0.3 is 0 Å². The molecule has 4 aromatic carbocycles. The second kappa shape index (κ2) is 12.1. The minimum Gasteiger partial charge on any atom is -0.491 e. The molecule has 0 aliphatic rings. The number of hydrogen-bond donors (Lipinski definition) is 2. The summed E-state index contributed by atoms with van der Waals surface area (Å²) in [6, 6.07) is 28.3. The third-order valence-corrected chi connectivity index (χ3v) is 5.39. The first-order chi connectivity index (χ1) is 17.1. The Labute approximate surface area is 205 Å². The molecule has 2 atom stereocenters. The first-order valence-electron chi connectivity index (χ1n) is 11.6. The molecule has 2 unspecified atom stereocenters. The summed E-state index contributed by atoms with van der Waals surface area (Å²) < 4.78 is 23.1. The van der Waals surface area contributed by atoms with Gasteiger partial charge in [-0.05, 0) is 42.8 Å². The third kappa shape index (κ3) is 6.88. The van der Waals surface area contributed by atoms with Gasteiger partial charge in [-0.25, -0.2) is 0 Å². The molecule has 0 spiro atoms. The second-order valence-electron chi connectivity index (χ2n) is 8.24. The Kier molecular flexibility index (Phi) is 8.44. The zero-order valence-electron chi connectivity index (χ0n) is 19.7. The zero-order valence-corrected chi connectivity index (χ0v) is 19.7. The van der Waals surface area contributed by atoms with E-state index in [4.69, 9.17) is 18.9 Å². The molecule has 182 valence electrons. The molecule has 35 heavy (non-hydrogen) atoms. The quantitative estimate of drug-likeness (QED) is 0.308. The van der Waals surface area contributed by atoms with E-state index in [0.717, 1.165) is 16.3 Å². The molecular weight excluding hydrogens is 444 g/mol. The summed E-state index contributed by atoms with van der Waals surface area (Å²) in [6.45, 7) is 2.40. The van der Waals surface area contributed by atoms with Crippen LogP contribution in [0.4, 0.5) is 0 Å². The van der Waals surface area contributed by atoms with Crippen LogP contribution in [0, 0.1) is 6.92 Å². The van der Waals surface area contributed by atoms with Crippen LogP contribution in [-0.2, 0) is 0 Å². The van der Waals surface area contributed by atoms with Crippen molar-refractivity contribution in [2.24, 2.45) is 0 Å². The van der Waals surface area contributed by atoms with Crippen LogP contribution < -0.4 is 18.9 Å². The standard InChI is InChI=1S/C29H30O6/c1-21-15-16-26-27(29(21)35-20-23(31)18-33-25-11-6-3-7-12-25)13-8-14-28(26)34-19-22(30)17-32-24-9-4-2-5-10-24/h2-16,22-23,30-31H,17-20H2,1H3. The maximum atomic E-state index is 10.4. The summed E-state index contributed by atoms with van der Waals surface area (Å²) in [4.78, 5) is 0. The van der Waals surface area contributed by atoms with E-state index in [1.807, 2.05) is 97.9 Å². The molecule has 0 saturated heterocycles. The molecule has 0 bridgehead atoms. The van der Waals surface area contributed by atoms with Crippen LogP contribution in [0.15, 0.2) is 91.0 Å². The van der Waals surface area contributed by atoms with E-state index in [2.05, 4.69) is 0 Å². The predicted octanol–water partition coefficient (Wildman–Crippen LogP) is 4.79. The molecule has 4 aromatic rings. The summed E-state index contributed by atoms with van der Waals surface area (Å²) in [6.07, 6.45) is -1.57. The fourth-order valence-electron chi connectivity index (χ4n) is 3.61. The highest BCUT2D eigenvalue weighted by atomic mass is 16.5. The highest BCUT2D eigenvalue weighted by Crippen LogP contribution is 2.35. The van der Waals surface area contributed by atoms with E-state index in [1.165, 1.54) is 0 Å². The Morgan fingerprint density at radius 1 is 0.543 bits per heavy atom. The average Bonchev–Trinajstić information content (AvgIpc) is 2.90. The van der Waals surface area contributed by atoms with Gasteiger partial charge in [0.2, 0.25) is 0 Å². The predicted molar refractivity (Wildman–Crippen MR) is 136 cm³/mol. The van der Waals surface area contributed by atoms with Gasteiger partial charge in [-0.2, -0.15) is 0 Å². The van der Waals surface area contributed by atoms with Crippen molar-refractivity contribution in [3.8, 4) is 23.0 Å². The van der Waals surface area contributed by atoms with Gasteiger partial charge in [0.15, 0.2) is 0 Å². The van der Waals surface area contributed by atoms with Gasteiger partial charge in [-0.3, -0.25) is 0 Å². The molecule has 0 aliphatic carbocycles. The highest BCUT2D eigenvalue weighted by molar-refractivity contribution is 5.94. The molecule has 4 rings (SSSR count). The number of para-hydroxylation sites is 2. The van der Waals surface area contributed by atoms with Crippen LogP contribution in [0.25, 0.3) is 10.8 Å². The van der Waals surface area contributed by atoms with Crippen LogP contribution >= 0.6 is 0 Å². The lowest BCUT2D eigenvalue weighted by Crippen LogP contribution is -2.25. The second-order valence-corrected chi connectivity index (χ2v) is 8.24. The maximum Gasteiger partial charge on any atom is 0.130 e. The van der Waals surface area contributed by atoms with E-state index in [-0.39, 0.29) is 26.4 Å². The van der Waals surface area contributed by atoms with Crippen molar-refractivity contribution in [2.75, 3.05) is 26.4 Å². The molecule has 0 fully saturated rings. The van der Waals surface area contributed by atoms with Crippen molar-refractivity contribution in [1.82, 2.24) is 0 Å². The Balaban J connectivity index is 1.36. The summed E-state index contributed by atoms with van der Waals surface area (Å²) in [5, 5.41) is 22.4. The van der Waals surface area contributed by atoms with Gasteiger partial charge in [0, 0.05) is 10.8 Å². The van der Waals surface area contributed by atoms with Crippen molar-refractivity contribution in [2.45, 2.75) is 19.1 Å². The summed E-state index contributed by atoms with van der Waals surface area (Å²) in [7, 11) is 0. The van der Waals surface area contributed by atoms with E-state index in [1.54, 1.807) is 0 Å². The van der Waals surface area contributed by atoms with Crippen LogP contribution in [0.1, 0.15) is 5.56 Å². The third-order valence-electron chi connectivity index (χ3n) is 5.39. The molecule has 0 aromatic heterocycles. The van der Waals surface area contributed by atoms with Crippen LogP contribution in [0.5, 0.6) is 23.0 Å². The molecule has 0 saturated carbocycles. The van der Waals surface area contributed by atoms with Gasteiger partial charge in [0.25, 0.3) is 0 Å². The highest BCUT2D eigenvalue weighted by Gasteiger charge is 2.14. The lowest BCUT2D eigenvalue weighted by atomic mass is 10.1. The maximum absolute atomic E-state index is 10.4. The number of aryl methyl sites for hydroxylation is 1.